The van der Waals surface area contributed by atoms with E-state index in [2.05, 4.69) is 20.5 Å². The Morgan fingerprint density at radius 3 is 2.52 bits per heavy atom. The van der Waals surface area contributed by atoms with E-state index in [1.54, 1.807) is 41.2 Å². The van der Waals surface area contributed by atoms with Crippen LogP contribution < -0.4 is 5.32 Å². The number of halogens is 4. The van der Waals surface area contributed by atoms with Gasteiger partial charge in [0, 0.05) is 17.8 Å². The Labute approximate surface area is 179 Å². The molecule has 0 saturated carbocycles. The molecule has 3 aromatic heterocycles. The van der Waals surface area contributed by atoms with E-state index in [9.17, 15) is 18.0 Å². The molecule has 4 rings (SSSR count). The summed E-state index contributed by atoms with van der Waals surface area (Å²) in [7, 11) is 0. The van der Waals surface area contributed by atoms with Crippen LogP contribution in [0.25, 0.3) is 16.9 Å². The zero-order valence-corrected chi connectivity index (χ0v) is 17.1. The minimum atomic E-state index is -4.74. The van der Waals surface area contributed by atoms with E-state index in [0.717, 1.165) is 6.07 Å². The standard InChI is InChI=1S/C20H16ClF3N6O/c1-11(2)29-10-13(9-25-29)26-19(31)17-16(21)18-27-14(12-6-4-3-5-7-12)8-15(20(22,23)24)30(18)28-17/h3-11H,1-2H3,(H,26,31). The molecule has 4 aromatic rings. The van der Waals surface area contributed by atoms with Crippen molar-refractivity contribution in [2.75, 3.05) is 5.32 Å². The quantitative estimate of drug-likeness (QED) is 0.471. The number of nitrogens with zero attached hydrogens (tertiary/aromatic N) is 5. The predicted octanol–water partition coefficient (Wildman–Crippen LogP) is 5.10. The Hall–Kier alpha value is -3.40. The molecule has 31 heavy (non-hydrogen) atoms. The first-order chi connectivity index (χ1) is 14.6. The van der Waals surface area contributed by atoms with Gasteiger partial charge in [0.05, 0.1) is 17.6 Å². The van der Waals surface area contributed by atoms with Crippen molar-refractivity contribution < 1.29 is 18.0 Å². The number of fused-ring (bicyclic) bond motifs is 1. The van der Waals surface area contributed by atoms with Gasteiger partial charge in [-0.25, -0.2) is 9.50 Å². The highest BCUT2D eigenvalue weighted by molar-refractivity contribution is 6.37. The number of anilines is 1. The van der Waals surface area contributed by atoms with Crippen molar-refractivity contribution in [2.24, 2.45) is 0 Å². The average molecular weight is 449 g/mol. The number of hydrogen-bond donors (Lipinski definition) is 1. The summed E-state index contributed by atoms with van der Waals surface area (Å²) in [6, 6.07) is 9.31. The predicted molar refractivity (Wildman–Crippen MR) is 109 cm³/mol. The molecule has 0 saturated heterocycles. The largest absolute Gasteiger partial charge is 0.433 e. The molecule has 1 amide bonds. The van der Waals surface area contributed by atoms with Gasteiger partial charge in [-0.05, 0) is 19.9 Å². The molecule has 0 aliphatic carbocycles. The molecule has 11 heteroatoms. The Morgan fingerprint density at radius 1 is 1.19 bits per heavy atom. The van der Waals surface area contributed by atoms with Gasteiger partial charge in [-0.2, -0.15) is 23.4 Å². The highest BCUT2D eigenvalue weighted by Gasteiger charge is 2.36. The number of amides is 1. The summed E-state index contributed by atoms with van der Waals surface area (Å²) in [6.07, 6.45) is -1.72. The fraction of sp³-hybridized carbons (Fsp3) is 0.200. The zero-order valence-electron chi connectivity index (χ0n) is 16.4. The fourth-order valence-electron chi connectivity index (χ4n) is 2.97. The number of benzene rings is 1. The van der Waals surface area contributed by atoms with Crippen molar-refractivity contribution >= 4 is 28.8 Å². The van der Waals surface area contributed by atoms with Crippen molar-refractivity contribution in [2.45, 2.75) is 26.1 Å². The van der Waals surface area contributed by atoms with E-state index in [-0.39, 0.29) is 28.1 Å². The molecule has 0 radical (unpaired) electrons. The molecular weight excluding hydrogens is 433 g/mol. The minimum absolute atomic E-state index is 0.0624. The van der Waals surface area contributed by atoms with Crippen LogP contribution in [-0.2, 0) is 6.18 Å². The van der Waals surface area contributed by atoms with Crippen molar-refractivity contribution in [1.82, 2.24) is 24.4 Å². The monoisotopic (exact) mass is 448 g/mol. The van der Waals surface area contributed by atoms with Gasteiger partial charge in [-0.3, -0.25) is 9.48 Å². The number of carbonyl (C=O) groups is 1. The van der Waals surface area contributed by atoms with E-state index in [1.807, 2.05) is 13.8 Å². The van der Waals surface area contributed by atoms with E-state index >= 15 is 0 Å². The van der Waals surface area contributed by atoms with Crippen molar-refractivity contribution in [1.29, 1.82) is 0 Å². The molecule has 3 heterocycles. The third kappa shape index (κ3) is 3.98. The summed E-state index contributed by atoms with van der Waals surface area (Å²) in [4.78, 5) is 16.9. The van der Waals surface area contributed by atoms with E-state index in [0.29, 0.717) is 15.8 Å². The molecule has 1 aromatic carbocycles. The third-order valence-corrected chi connectivity index (χ3v) is 4.84. The molecule has 0 aliphatic heterocycles. The smallest absolute Gasteiger partial charge is 0.318 e. The molecule has 1 N–H and O–H groups in total. The molecular formula is C20H16ClF3N6O. The van der Waals surface area contributed by atoms with Crippen LogP contribution >= 0.6 is 11.6 Å². The lowest BCUT2D eigenvalue weighted by molar-refractivity contribution is -0.142. The van der Waals surface area contributed by atoms with Crippen LogP contribution in [0.3, 0.4) is 0 Å². The minimum Gasteiger partial charge on any atom is -0.318 e. The summed E-state index contributed by atoms with van der Waals surface area (Å²) >= 11 is 6.26. The van der Waals surface area contributed by atoms with Crippen LogP contribution in [0.1, 0.15) is 36.1 Å². The topological polar surface area (TPSA) is 77.1 Å². The van der Waals surface area contributed by atoms with Crippen molar-refractivity contribution in [3.63, 3.8) is 0 Å². The van der Waals surface area contributed by atoms with Gasteiger partial charge in [0.15, 0.2) is 17.0 Å². The van der Waals surface area contributed by atoms with E-state index < -0.39 is 17.8 Å². The van der Waals surface area contributed by atoms with Crippen LogP contribution in [-0.4, -0.2) is 30.3 Å². The lowest BCUT2D eigenvalue weighted by atomic mass is 10.1. The maximum Gasteiger partial charge on any atom is 0.433 e. The average Bonchev–Trinajstić information content (AvgIpc) is 3.32. The maximum atomic E-state index is 13.7. The van der Waals surface area contributed by atoms with Gasteiger partial charge in [-0.1, -0.05) is 41.9 Å². The van der Waals surface area contributed by atoms with Gasteiger partial charge >= 0.3 is 6.18 Å². The second-order valence-corrected chi connectivity index (χ2v) is 7.42. The summed E-state index contributed by atoms with van der Waals surface area (Å²) in [5.74, 6) is -0.770. The van der Waals surface area contributed by atoms with E-state index in [1.165, 1.54) is 6.20 Å². The van der Waals surface area contributed by atoms with Crippen molar-refractivity contribution in [3.05, 3.63) is 65.2 Å². The maximum absolute atomic E-state index is 13.7. The first kappa shape index (κ1) is 20.9. The summed E-state index contributed by atoms with van der Waals surface area (Å²) in [5.41, 5.74) is -0.835. The lowest BCUT2D eigenvalue weighted by Crippen LogP contribution is -2.15. The van der Waals surface area contributed by atoms with Crippen LogP contribution in [0.4, 0.5) is 18.9 Å². The molecule has 0 bridgehead atoms. The zero-order chi connectivity index (χ0) is 22.3. The number of carbonyl (C=O) groups excluding carboxylic acids is 1. The highest BCUT2D eigenvalue weighted by Crippen LogP contribution is 2.34. The summed E-state index contributed by atoms with van der Waals surface area (Å²) in [5, 5.41) is 10.2. The van der Waals surface area contributed by atoms with Gasteiger partial charge in [0.2, 0.25) is 0 Å². The molecule has 0 fully saturated rings. The lowest BCUT2D eigenvalue weighted by Gasteiger charge is -2.11. The molecule has 7 nitrogen and oxygen atoms in total. The number of aromatic nitrogens is 5. The molecule has 0 unspecified atom stereocenters. The molecule has 0 spiro atoms. The first-order valence-electron chi connectivity index (χ1n) is 9.22. The third-order valence-electron chi connectivity index (χ3n) is 4.50. The molecule has 0 aliphatic rings. The van der Waals surface area contributed by atoms with Gasteiger partial charge < -0.3 is 5.32 Å². The van der Waals surface area contributed by atoms with Crippen LogP contribution in [0.2, 0.25) is 5.02 Å². The van der Waals surface area contributed by atoms with Crippen LogP contribution in [0.15, 0.2) is 48.8 Å². The normalized spacial score (nSPS) is 12.0. The molecule has 0 atom stereocenters. The van der Waals surface area contributed by atoms with Crippen molar-refractivity contribution in [3.8, 4) is 11.3 Å². The van der Waals surface area contributed by atoms with E-state index in [4.69, 9.17) is 11.6 Å². The Kier molecular flexibility index (Phi) is 5.18. The SMILES string of the molecule is CC(C)n1cc(NC(=O)c2nn3c(C(F)(F)F)cc(-c4ccccc4)nc3c2Cl)cn1. The van der Waals surface area contributed by atoms with Gasteiger partial charge in [-0.15, -0.1) is 0 Å². The summed E-state index contributed by atoms with van der Waals surface area (Å²) < 4.78 is 43.4. The fourth-order valence-corrected chi connectivity index (χ4v) is 3.22. The van der Waals surface area contributed by atoms with Gasteiger partial charge in [0.25, 0.3) is 5.91 Å². The number of nitrogens with one attached hydrogen (secondary N) is 1. The Bertz CT molecular complexity index is 1260. The van der Waals surface area contributed by atoms with Crippen LogP contribution in [0.5, 0.6) is 0 Å². The second-order valence-electron chi connectivity index (χ2n) is 7.05. The number of rotatable bonds is 4. The number of hydrogen-bond acceptors (Lipinski definition) is 4. The highest BCUT2D eigenvalue weighted by atomic mass is 35.5. The first-order valence-corrected chi connectivity index (χ1v) is 9.60. The number of alkyl halides is 3. The Balaban J connectivity index is 1.80. The second kappa shape index (κ2) is 7.69. The van der Waals surface area contributed by atoms with Gasteiger partial charge in [0.1, 0.15) is 5.02 Å². The Morgan fingerprint density at radius 2 is 1.90 bits per heavy atom. The van der Waals surface area contributed by atoms with Crippen LogP contribution in [0, 0.1) is 0 Å². The molecule has 160 valence electrons. The summed E-state index contributed by atoms with van der Waals surface area (Å²) in [6.45, 7) is 3.82.